The standard InChI is InChI=1S/C23H29FN4O3/c1-26(15-18-6-8-21(31-2)9-7-18)17-23(30)28-12-10-27(11-13-28)16-22(29)25-20-5-3-4-19(24)14-20/h3-9,14H,10-13,15-17H2,1-2H3,(H,25,29). The maximum Gasteiger partial charge on any atom is 0.238 e. The molecule has 0 unspecified atom stereocenters. The molecule has 0 spiro atoms. The van der Waals surface area contributed by atoms with Crippen LogP contribution >= 0.6 is 0 Å². The molecule has 0 atom stereocenters. The number of methoxy groups -OCH3 is 1. The second-order valence-electron chi connectivity index (χ2n) is 7.74. The third-order valence-corrected chi connectivity index (χ3v) is 5.22. The second kappa shape index (κ2) is 10.9. The smallest absolute Gasteiger partial charge is 0.238 e. The van der Waals surface area contributed by atoms with Gasteiger partial charge in [0.05, 0.1) is 20.2 Å². The summed E-state index contributed by atoms with van der Waals surface area (Å²) in [5, 5.41) is 2.70. The monoisotopic (exact) mass is 428 g/mol. The van der Waals surface area contributed by atoms with E-state index in [-0.39, 0.29) is 24.2 Å². The van der Waals surface area contributed by atoms with Crippen molar-refractivity contribution in [3.8, 4) is 5.75 Å². The van der Waals surface area contributed by atoms with Crippen molar-refractivity contribution in [1.82, 2.24) is 14.7 Å². The van der Waals surface area contributed by atoms with Crippen LogP contribution in [0.3, 0.4) is 0 Å². The van der Waals surface area contributed by atoms with E-state index in [2.05, 4.69) is 5.32 Å². The fourth-order valence-electron chi connectivity index (χ4n) is 3.55. The van der Waals surface area contributed by atoms with Crippen LogP contribution in [0.2, 0.25) is 0 Å². The average molecular weight is 429 g/mol. The summed E-state index contributed by atoms with van der Waals surface area (Å²) in [6.45, 7) is 3.66. The van der Waals surface area contributed by atoms with Crippen molar-refractivity contribution in [1.29, 1.82) is 0 Å². The van der Waals surface area contributed by atoms with E-state index in [9.17, 15) is 14.0 Å². The third-order valence-electron chi connectivity index (χ3n) is 5.22. The first kappa shape index (κ1) is 22.7. The number of hydrogen-bond acceptors (Lipinski definition) is 5. The van der Waals surface area contributed by atoms with E-state index in [1.807, 2.05) is 46.0 Å². The highest BCUT2D eigenvalue weighted by atomic mass is 19.1. The van der Waals surface area contributed by atoms with Gasteiger partial charge in [-0.1, -0.05) is 18.2 Å². The van der Waals surface area contributed by atoms with Gasteiger partial charge in [-0.25, -0.2) is 4.39 Å². The van der Waals surface area contributed by atoms with E-state index >= 15 is 0 Å². The van der Waals surface area contributed by atoms with Crippen molar-refractivity contribution in [2.75, 3.05) is 58.7 Å². The van der Waals surface area contributed by atoms with Crippen molar-refractivity contribution in [3.05, 3.63) is 59.9 Å². The Labute approximate surface area is 182 Å². The Balaban J connectivity index is 1.39. The molecule has 2 amide bonds. The van der Waals surface area contributed by atoms with E-state index in [1.165, 1.54) is 12.1 Å². The van der Waals surface area contributed by atoms with Gasteiger partial charge in [0.25, 0.3) is 0 Å². The fraction of sp³-hybridized carbons (Fsp3) is 0.391. The lowest BCUT2D eigenvalue weighted by Crippen LogP contribution is -2.52. The molecular weight excluding hydrogens is 399 g/mol. The van der Waals surface area contributed by atoms with Gasteiger partial charge in [0, 0.05) is 38.4 Å². The van der Waals surface area contributed by atoms with Gasteiger partial charge in [-0.3, -0.25) is 19.4 Å². The molecule has 0 radical (unpaired) electrons. The quantitative estimate of drug-likeness (QED) is 0.697. The molecule has 7 nitrogen and oxygen atoms in total. The number of carbonyl (C=O) groups excluding carboxylic acids is 2. The van der Waals surface area contributed by atoms with Crippen LogP contribution < -0.4 is 10.1 Å². The zero-order chi connectivity index (χ0) is 22.2. The first-order valence-corrected chi connectivity index (χ1v) is 10.3. The predicted molar refractivity (Wildman–Crippen MR) is 117 cm³/mol. The van der Waals surface area contributed by atoms with Gasteiger partial charge < -0.3 is 15.0 Å². The Morgan fingerprint density at radius 3 is 2.45 bits per heavy atom. The SMILES string of the molecule is COc1ccc(CN(C)CC(=O)N2CCN(CC(=O)Nc3cccc(F)c3)CC2)cc1. The van der Waals surface area contributed by atoms with Crippen LogP contribution in [-0.4, -0.2) is 79.9 Å². The molecule has 0 saturated carbocycles. The van der Waals surface area contributed by atoms with Crippen LogP contribution in [0.5, 0.6) is 5.75 Å². The second-order valence-corrected chi connectivity index (χ2v) is 7.74. The molecule has 8 heteroatoms. The van der Waals surface area contributed by atoms with Gasteiger partial charge >= 0.3 is 0 Å². The molecule has 1 fully saturated rings. The number of nitrogens with one attached hydrogen (secondary N) is 1. The Morgan fingerprint density at radius 2 is 1.81 bits per heavy atom. The average Bonchev–Trinajstić information content (AvgIpc) is 2.74. The van der Waals surface area contributed by atoms with Gasteiger partial charge in [-0.15, -0.1) is 0 Å². The van der Waals surface area contributed by atoms with E-state index in [0.717, 1.165) is 11.3 Å². The van der Waals surface area contributed by atoms with Gasteiger partial charge in [-0.05, 0) is 42.9 Å². The molecule has 1 aliphatic heterocycles. The van der Waals surface area contributed by atoms with E-state index in [1.54, 1.807) is 19.2 Å². The summed E-state index contributed by atoms with van der Waals surface area (Å²) in [5.41, 5.74) is 1.56. The minimum absolute atomic E-state index is 0.0832. The number of piperazine rings is 1. The van der Waals surface area contributed by atoms with Crippen molar-refractivity contribution < 1.29 is 18.7 Å². The Bertz CT molecular complexity index is 883. The number of likely N-dealkylation sites (N-methyl/N-ethyl adjacent to an activating group) is 1. The molecule has 3 rings (SSSR count). The number of ether oxygens (including phenoxy) is 1. The largest absolute Gasteiger partial charge is 0.497 e. The minimum atomic E-state index is -0.387. The first-order chi connectivity index (χ1) is 14.9. The summed E-state index contributed by atoms with van der Waals surface area (Å²) in [4.78, 5) is 30.7. The topological polar surface area (TPSA) is 65.1 Å². The van der Waals surface area contributed by atoms with Gasteiger partial charge in [0.1, 0.15) is 11.6 Å². The third kappa shape index (κ3) is 7.04. The maximum atomic E-state index is 13.2. The minimum Gasteiger partial charge on any atom is -0.497 e. The number of rotatable bonds is 8. The molecule has 1 N–H and O–H groups in total. The molecule has 166 valence electrons. The fourth-order valence-corrected chi connectivity index (χ4v) is 3.55. The highest BCUT2D eigenvalue weighted by Gasteiger charge is 2.23. The summed E-state index contributed by atoms with van der Waals surface area (Å²) in [6, 6.07) is 13.6. The van der Waals surface area contributed by atoms with E-state index < -0.39 is 0 Å². The Morgan fingerprint density at radius 1 is 1.10 bits per heavy atom. The van der Waals surface area contributed by atoms with Gasteiger partial charge in [0.15, 0.2) is 0 Å². The molecule has 0 bridgehead atoms. The van der Waals surface area contributed by atoms with Crippen LogP contribution in [0.15, 0.2) is 48.5 Å². The lowest BCUT2D eigenvalue weighted by atomic mass is 10.2. The highest BCUT2D eigenvalue weighted by Crippen LogP contribution is 2.13. The van der Waals surface area contributed by atoms with Crippen molar-refractivity contribution in [2.45, 2.75) is 6.54 Å². The molecule has 2 aromatic carbocycles. The zero-order valence-electron chi connectivity index (χ0n) is 18.0. The number of anilines is 1. The number of nitrogens with zero attached hydrogens (tertiary/aromatic N) is 3. The summed E-state index contributed by atoms with van der Waals surface area (Å²) >= 11 is 0. The van der Waals surface area contributed by atoms with Crippen LogP contribution in [0, 0.1) is 5.82 Å². The Hall–Kier alpha value is -2.97. The summed E-state index contributed by atoms with van der Waals surface area (Å²) in [5.74, 6) is 0.316. The summed E-state index contributed by atoms with van der Waals surface area (Å²) in [6.07, 6.45) is 0. The molecule has 1 heterocycles. The van der Waals surface area contributed by atoms with Crippen molar-refractivity contribution >= 4 is 17.5 Å². The Kier molecular flexibility index (Phi) is 7.97. The van der Waals surface area contributed by atoms with Crippen LogP contribution in [0.4, 0.5) is 10.1 Å². The molecular formula is C23H29FN4O3. The molecule has 31 heavy (non-hydrogen) atoms. The molecule has 0 aliphatic carbocycles. The van der Waals surface area contributed by atoms with Crippen LogP contribution in [0.25, 0.3) is 0 Å². The first-order valence-electron chi connectivity index (χ1n) is 10.3. The molecule has 1 aliphatic rings. The molecule has 0 aromatic heterocycles. The van der Waals surface area contributed by atoms with Crippen LogP contribution in [0.1, 0.15) is 5.56 Å². The lowest BCUT2D eigenvalue weighted by molar-refractivity contribution is -0.134. The molecule has 2 aromatic rings. The number of carbonyl (C=O) groups is 2. The van der Waals surface area contributed by atoms with Gasteiger partial charge in [0.2, 0.25) is 11.8 Å². The predicted octanol–water partition coefficient (Wildman–Crippen LogP) is 2.05. The van der Waals surface area contributed by atoms with Gasteiger partial charge in [-0.2, -0.15) is 0 Å². The number of amides is 2. The lowest BCUT2D eigenvalue weighted by Gasteiger charge is -2.35. The van der Waals surface area contributed by atoms with E-state index in [4.69, 9.17) is 4.74 Å². The van der Waals surface area contributed by atoms with Crippen LogP contribution in [-0.2, 0) is 16.1 Å². The van der Waals surface area contributed by atoms with E-state index in [0.29, 0.717) is 45.0 Å². The van der Waals surface area contributed by atoms with Crippen molar-refractivity contribution in [3.63, 3.8) is 0 Å². The zero-order valence-corrected chi connectivity index (χ0v) is 18.0. The summed E-state index contributed by atoms with van der Waals surface area (Å²) in [7, 11) is 3.56. The number of halogens is 1. The van der Waals surface area contributed by atoms with Crippen molar-refractivity contribution in [2.24, 2.45) is 0 Å². The summed E-state index contributed by atoms with van der Waals surface area (Å²) < 4.78 is 18.4. The highest BCUT2D eigenvalue weighted by molar-refractivity contribution is 5.92. The number of hydrogen-bond donors (Lipinski definition) is 1. The number of benzene rings is 2. The maximum absolute atomic E-state index is 13.2. The molecule has 1 saturated heterocycles. The normalized spacial score (nSPS) is 14.5.